The van der Waals surface area contributed by atoms with Crippen LogP contribution in [-0.2, 0) is 16.1 Å². The van der Waals surface area contributed by atoms with Gasteiger partial charge in [-0.1, -0.05) is 42.0 Å². The molecule has 2 heterocycles. The van der Waals surface area contributed by atoms with E-state index in [2.05, 4.69) is 25.1 Å². The highest BCUT2D eigenvalue weighted by Crippen LogP contribution is 2.29. The van der Waals surface area contributed by atoms with Crippen molar-refractivity contribution in [2.45, 2.75) is 31.5 Å². The largest absolute Gasteiger partial charge is 0.445 e. The molecule has 0 aliphatic carbocycles. The van der Waals surface area contributed by atoms with Crippen molar-refractivity contribution in [1.29, 1.82) is 0 Å². The van der Waals surface area contributed by atoms with Crippen molar-refractivity contribution >= 4 is 6.09 Å². The minimum absolute atomic E-state index is 0.00191. The van der Waals surface area contributed by atoms with Gasteiger partial charge in [0.05, 0.1) is 25.3 Å². The molecule has 0 radical (unpaired) electrons. The van der Waals surface area contributed by atoms with Crippen molar-refractivity contribution in [2.75, 3.05) is 33.9 Å². The maximum absolute atomic E-state index is 12.6. The maximum atomic E-state index is 12.6. The van der Waals surface area contributed by atoms with Crippen LogP contribution in [0.1, 0.15) is 18.4 Å². The summed E-state index contributed by atoms with van der Waals surface area (Å²) in [5.41, 5.74) is 2.43. The molecule has 5 nitrogen and oxygen atoms in total. The SMILES string of the molecule is CN(C)CCC1=CC2COCC(C1)N2C(=O)OCc1ccccc1. The van der Waals surface area contributed by atoms with Crippen molar-refractivity contribution in [1.82, 2.24) is 9.80 Å². The summed E-state index contributed by atoms with van der Waals surface area (Å²) in [5.74, 6) is 0. The van der Waals surface area contributed by atoms with Crippen LogP contribution in [0.15, 0.2) is 42.0 Å². The third kappa shape index (κ3) is 4.16. The summed E-state index contributed by atoms with van der Waals surface area (Å²) >= 11 is 0. The summed E-state index contributed by atoms with van der Waals surface area (Å²) in [5, 5.41) is 0. The minimum Gasteiger partial charge on any atom is -0.445 e. The molecule has 130 valence electrons. The van der Waals surface area contributed by atoms with Crippen LogP contribution in [-0.4, -0.2) is 61.8 Å². The molecule has 1 aromatic carbocycles. The monoisotopic (exact) mass is 330 g/mol. The number of rotatable bonds is 5. The standard InChI is InChI=1S/C19H26N2O3/c1-20(2)9-8-16-10-17-13-23-14-18(11-16)21(17)19(22)24-12-15-6-4-3-5-7-15/h3-7,10,17-18H,8-9,11-14H2,1-2H3. The van der Waals surface area contributed by atoms with Crippen LogP contribution in [0.5, 0.6) is 0 Å². The molecule has 24 heavy (non-hydrogen) atoms. The Balaban J connectivity index is 1.62. The van der Waals surface area contributed by atoms with Gasteiger partial charge in [0.25, 0.3) is 0 Å². The third-order valence-electron chi connectivity index (χ3n) is 4.57. The van der Waals surface area contributed by atoms with Crippen molar-refractivity contribution in [3.63, 3.8) is 0 Å². The van der Waals surface area contributed by atoms with Gasteiger partial charge >= 0.3 is 6.09 Å². The molecule has 0 aromatic heterocycles. The lowest BCUT2D eigenvalue weighted by Gasteiger charge is -2.43. The molecular formula is C19H26N2O3. The van der Waals surface area contributed by atoms with Gasteiger partial charge in [0, 0.05) is 6.54 Å². The van der Waals surface area contributed by atoms with E-state index >= 15 is 0 Å². The lowest BCUT2D eigenvalue weighted by Crippen LogP contribution is -2.56. The fraction of sp³-hybridized carbons (Fsp3) is 0.526. The summed E-state index contributed by atoms with van der Waals surface area (Å²) < 4.78 is 11.2. The van der Waals surface area contributed by atoms with E-state index in [1.165, 1.54) is 5.57 Å². The molecule has 1 aromatic rings. The normalized spacial score (nSPS) is 23.1. The Kier molecular flexibility index (Phi) is 5.53. The van der Waals surface area contributed by atoms with Crippen LogP contribution in [0.4, 0.5) is 4.79 Å². The van der Waals surface area contributed by atoms with Crippen LogP contribution in [0.2, 0.25) is 0 Å². The van der Waals surface area contributed by atoms with Crippen LogP contribution >= 0.6 is 0 Å². The summed E-state index contributed by atoms with van der Waals surface area (Å²) in [7, 11) is 4.17. The second-order valence-electron chi connectivity index (χ2n) is 6.79. The molecule has 0 saturated carbocycles. The van der Waals surface area contributed by atoms with Gasteiger partial charge in [-0.05, 0) is 32.5 Å². The van der Waals surface area contributed by atoms with Gasteiger partial charge in [0.1, 0.15) is 6.61 Å². The number of amides is 1. The first-order chi connectivity index (χ1) is 11.6. The highest BCUT2D eigenvalue weighted by molar-refractivity contribution is 5.69. The molecule has 0 spiro atoms. The topological polar surface area (TPSA) is 42.0 Å². The van der Waals surface area contributed by atoms with Gasteiger partial charge in [-0.3, -0.25) is 4.90 Å². The lowest BCUT2D eigenvalue weighted by atomic mass is 9.92. The molecular weight excluding hydrogens is 304 g/mol. The smallest absolute Gasteiger partial charge is 0.411 e. The second kappa shape index (κ2) is 7.81. The predicted octanol–water partition coefficient (Wildman–Crippen LogP) is 2.67. The van der Waals surface area contributed by atoms with E-state index in [-0.39, 0.29) is 18.2 Å². The Morgan fingerprint density at radius 1 is 1.29 bits per heavy atom. The number of morpholine rings is 1. The number of carbonyl (C=O) groups is 1. The van der Waals surface area contributed by atoms with Crippen LogP contribution in [0.25, 0.3) is 0 Å². The van der Waals surface area contributed by atoms with E-state index in [1.807, 2.05) is 35.2 Å². The van der Waals surface area contributed by atoms with Crippen molar-refractivity contribution in [3.05, 3.63) is 47.5 Å². The summed E-state index contributed by atoms with van der Waals surface area (Å²) in [4.78, 5) is 16.6. The third-order valence-corrected chi connectivity index (χ3v) is 4.57. The van der Waals surface area contributed by atoms with E-state index in [1.54, 1.807) is 0 Å². The molecule has 1 amide bonds. The predicted molar refractivity (Wildman–Crippen MR) is 92.7 cm³/mol. The summed E-state index contributed by atoms with van der Waals surface area (Å²) in [6.07, 6.45) is 3.89. The van der Waals surface area contributed by atoms with E-state index < -0.39 is 0 Å². The average Bonchev–Trinajstić information content (AvgIpc) is 2.58. The van der Waals surface area contributed by atoms with Gasteiger partial charge in [0.15, 0.2) is 0 Å². The molecule has 2 bridgehead atoms. The van der Waals surface area contributed by atoms with Gasteiger partial charge in [-0.2, -0.15) is 0 Å². The number of carbonyl (C=O) groups excluding carboxylic acids is 1. The van der Waals surface area contributed by atoms with E-state index in [0.29, 0.717) is 19.8 Å². The average molecular weight is 330 g/mol. The van der Waals surface area contributed by atoms with Crippen molar-refractivity contribution < 1.29 is 14.3 Å². The Bertz CT molecular complexity index is 586. The number of hydrogen-bond donors (Lipinski definition) is 0. The Labute approximate surface area is 143 Å². The molecule has 2 aliphatic heterocycles. The van der Waals surface area contributed by atoms with Crippen LogP contribution in [0, 0.1) is 0 Å². The number of nitrogens with zero attached hydrogens (tertiary/aromatic N) is 2. The van der Waals surface area contributed by atoms with Gasteiger partial charge in [-0.15, -0.1) is 0 Å². The van der Waals surface area contributed by atoms with Crippen molar-refractivity contribution in [2.24, 2.45) is 0 Å². The fourth-order valence-corrected chi connectivity index (χ4v) is 3.32. The zero-order valence-electron chi connectivity index (χ0n) is 14.5. The Morgan fingerprint density at radius 3 is 2.79 bits per heavy atom. The molecule has 1 saturated heterocycles. The van der Waals surface area contributed by atoms with Gasteiger partial charge in [-0.25, -0.2) is 4.79 Å². The molecule has 3 rings (SSSR count). The van der Waals surface area contributed by atoms with E-state index in [0.717, 1.165) is 24.9 Å². The first kappa shape index (κ1) is 17.0. The number of hydrogen-bond acceptors (Lipinski definition) is 4. The number of benzene rings is 1. The van der Waals surface area contributed by atoms with Gasteiger partial charge in [0.2, 0.25) is 0 Å². The first-order valence-corrected chi connectivity index (χ1v) is 8.54. The zero-order chi connectivity index (χ0) is 16.9. The highest BCUT2D eigenvalue weighted by Gasteiger charge is 2.38. The molecule has 2 unspecified atom stereocenters. The highest BCUT2D eigenvalue weighted by atomic mass is 16.6. The van der Waals surface area contributed by atoms with Crippen molar-refractivity contribution in [3.8, 4) is 0 Å². The minimum atomic E-state index is -0.236. The quantitative estimate of drug-likeness (QED) is 0.779. The fourth-order valence-electron chi connectivity index (χ4n) is 3.32. The maximum Gasteiger partial charge on any atom is 0.411 e. The first-order valence-electron chi connectivity index (χ1n) is 8.54. The Hall–Kier alpha value is -1.85. The van der Waals surface area contributed by atoms with E-state index in [9.17, 15) is 4.79 Å². The summed E-state index contributed by atoms with van der Waals surface area (Å²) in [6, 6.07) is 9.88. The molecule has 2 atom stereocenters. The molecule has 0 N–H and O–H groups in total. The number of ether oxygens (including phenoxy) is 2. The molecule has 5 heteroatoms. The molecule has 2 aliphatic rings. The second-order valence-corrected chi connectivity index (χ2v) is 6.79. The van der Waals surface area contributed by atoms with Crippen LogP contribution in [0.3, 0.4) is 0 Å². The Morgan fingerprint density at radius 2 is 2.08 bits per heavy atom. The zero-order valence-corrected chi connectivity index (χ0v) is 14.5. The lowest BCUT2D eigenvalue weighted by molar-refractivity contribution is -0.0376. The number of fused-ring (bicyclic) bond motifs is 2. The molecule has 1 fully saturated rings. The summed E-state index contributed by atoms with van der Waals surface area (Å²) in [6.45, 7) is 2.50. The van der Waals surface area contributed by atoms with Gasteiger partial charge < -0.3 is 14.4 Å². The van der Waals surface area contributed by atoms with Crippen LogP contribution < -0.4 is 0 Å². The van der Waals surface area contributed by atoms with E-state index in [4.69, 9.17) is 9.47 Å².